The van der Waals surface area contributed by atoms with Crippen LogP contribution >= 0.6 is 0 Å². The summed E-state index contributed by atoms with van der Waals surface area (Å²) < 4.78 is 26.4. The van der Waals surface area contributed by atoms with E-state index in [-0.39, 0.29) is 17.0 Å². The lowest BCUT2D eigenvalue weighted by Gasteiger charge is -2.45. The number of hydrogen-bond donors (Lipinski definition) is 1. The van der Waals surface area contributed by atoms with Crippen molar-refractivity contribution in [2.75, 3.05) is 6.26 Å². The van der Waals surface area contributed by atoms with Gasteiger partial charge in [0.15, 0.2) is 0 Å². The molecule has 0 aromatic carbocycles. The average Bonchev–Trinajstić information content (AvgIpc) is 1.93. The second-order valence-corrected chi connectivity index (χ2v) is 7.68. The van der Waals surface area contributed by atoms with E-state index >= 15 is 0 Å². The molecule has 1 fully saturated rings. The van der Waals surface area contributed by atoms with Crippen molar-refractivity contribution in [3.8, 4) is 0 Å². The van der Waals surface area contributed by atoms with Gasteiger partial charge in [0.05, 0.1) is 12.2 Å². The summed E-state index contributed by atoms with van der Waals surface area (Å²) in [5, 5.41) is 3.42. The minimum atomic E-state index is -3.72. The first-order valence-corrected chi connectivity index (χ1v) is 7.45. The molecule has 0 spiro atoms. The highest BCUT2D eigenvalue weighted by Gasteiger charge is 2.41. The van der Waals surface area contributed by atoms with Crippen LogP contribution in [0, 0.1) is 5.92 Å². The highest BCUT2D eigenvalue weighted by atomic mass is 32.2. The van der Waals surface area contributed by atoms with Crippen LogP contribution in [0.3, 0.4) is 0 Å². The Bertz CT molecular complexity index is 395. The van der Waals surface area contributed by atoms with Gasteiger partial charge < -0.3 is 9.50 Å². The van der Waals surface area contributed by atoms with Gasteiger partial charge in [-0.1, -0.05) is 0 Å². The lowest BCUT2D eigenvalue weighted by molar-refractivity contribution is -0.141. The average molecular weight is 263 g/mol. The lowest BCUT2D eigenvalue weighted by atomic mass is 9.76. The van der Waals surface area contributed by atoms with Gasteiger partial charge >= 0.3 is 16.1 Å². The van der Waals surface area contributed by atoms with E-state index in [4.69, 9.17) is 0 Å². The molecule has 1 rings (SSSR count). The van der Waals surface area contributed by atoms with Crippen LogP contribution in [0.4, 0.5) is 0 Å². The predicted octanol–water partition coefficient (Wildman–Crippen LogP) is 1.05. The monoisotopic (exact) mass is 263 g/mol. The minimum absolute atomic E-state index is 0.205. The molecule has 5 nitrogen and oxygen atoms in total. The fourth-order valence-corrected chi connectivity index (χ4v) is 3.14. The highest BCUT2D eigenvalue weighted by molar-refractivity contribution is 7.86. The summed E-state index contributed by atoms with van der Waals surface area (Å²) in [6.45, 7) is 7.98. The standard InChI is InChI=1S/C11H21NO4S/c1-10(2)6-8(7-11(3,4)12-10)9(13)16-17(5,14)15/h8,12H,6-7H2,1-5H3. The van der Waals surface area contributed by atoms with Crippen molar-refractivity contribution < 1.29 is 17.4 Å². The van der Waals surface area contributed by atoms with Crippen LogP contribution in [0.5, 0.6) is 0 Å². The molecule has 1 aliphatic rings. The van der Waals surface area contributed by atoms with Crippen LogP contribution in [0.1, 0.15) is 40.5 Å². The molecule has 0 unspecified atom stereocenters. The quantitative estimate of drug-likeness (QED) is 0.754. The van der Waals surface area contributed by atoms with Gasteiger partial charge in [0.1, 0.15) is 0 Å². The summed E-state index contributed by atoms with van der Waals surface area (Å²) in [7, 11) is -3.72. The van der Waals surface area contributed by atoms with Crippen LogP contribution in [-0.2, 0) is 19.1 Å². The molecule has 0 amide bonds. The summed E-state index contributed by atoms with van der Waals surface area (Å²) >= 11 is 0. The first-order chi connectivity index (χ1) is 7.40. The Labute approximate surface area is 103 Å². The number of rotatable bonds is 2. The van der Waals surface area contributed by atoms with Gasteiger partial charge in [-0.25, -0.2) is 0 Å². The molecule has 0 saturated carbocycles. The van der Waals surface area contributed by atoms with E-state index in [0.29, 0.717) is 12.8 Å². The summed E-state index contributed by atoms with van der Waals surface area (Å²) in [4.78, 5) is 11.8. The molecule has 0 atom stereocenters. The van der Waals surface area contributed by atoms with Gasteiger partial charge in [0.2, 0.25) is 0 Å². The summed E-state index contributed by atoms with van der Waals surface area (Å²) in [6.07, 6.45) is 2.04. The maximum Gasteiger partial charge on any atom is 0.325 e. The van der Waals surface area contributed by atoms with Gasteiger partial charge in [0.25, 0.3) is 0 Å². The number of hydrogen-bond acceptors (Lipinski definition) is 5. The third kappa shape index (κ3) is 4.63. The van der Waals surface area contributed by atoms with Gasteiger partial charge in [-0.3, -0.25) is 4.79 Å². The summed E-state index contributed by atoms with van der Waals surface area (Å²) in [5.74, 6) is -1.02. The van der Waals surface area contributed by atoms with E-state index in [2.05, 4.69) is 9.50 Å². The Balaban J connectivity index is 2.81. The van der Waals surface area contributed by atoms with Crippen molar-refractivity contribution in [3.63, 3.8) is 0 Å². The second-order valence-electron chi connectivity index (χ2n) is 6.10. The maximum atomic E-state index is 11.8. The molecule has 0 aromatic heterocycles. The Morgan fingerprint density at radius 1 is 1.18 bits per heavy atom. The van der Waals surface area contributed by atoms with Crippen LogP contribution in [-0.4, -0.2) is 31.7 Å². The third-order valence-electron chi connectivity index (χ3n) is 2.76. The van der Waals surface area contributed by atoms with Gasteiger partial charge in [-0.05, 0) is 40.5 Å². The van der Waals surface area contributed by atoms with Crippen molar-refractivity contribution >= 4 is 16.1 Å². The fourth-order valence-electron chi connectivity index (χ4n) is 2.71. The second kappa shape index (κ2) is 4.24. The number of nitrogens with one attached hydrogen (secondary N) is 1. The fraction of sp³-hybridized carbons (Fsp3) is 0.909. The molecule has 1 heterocycles. The Morgan fingerprint density at radius 3 is 1.94 bits per heavy atom. The van der Waals surface area contributed by atoms with E-state index in [0.717, 1.165) is 6.26 Å². The highest BCUT2D eigenvalue weighted by Crippen LogP contribution is 2.33. The molecule has 0 aromatic rings. The molecule has 17 heavy (non-hydrogen) atoms. The maximum absolute atomic E-state index is 11.8. The van der Waals surface area contributed by atoms with Crippen molar-refractivity contribution in [1.29, 1.82) is 0 Å². The SMILES string of the molecule is CC1(C)CC(C(=O)OS(C)(=O)=O)CC(C)(C)N1. The van der Waals surface area contributed by atoms with Crippen molar-refractivity contribution in [2.24, 2.45) is 5.92 Å². The van der Waals surface area contributed by atoms with Crippen LogP contribution in [0.2, 0.25) is 0 Å². The van der Waals surface area contributed by atoms with E-state index in [1.54, 1.807) is 0 Å². The lowest BCUT2D eigenvalue weighted by Crippen LogP contribution is -2.59. The molecule has 1 saturated heterocycles. The summed E-state index contributed by atoms with van der Waals surface area (Å²) in [5.41, 5.74) is -0.411. The molecular formula is C11H21NO4S. The van der Waals surface area contributed by atoms with Crippen LogP contribution in [0.25, 0.3) is 0 Å². The molecular weight excluding hydrogens is 242 g/mol. The van der Waals surface area contributed by atoms with Crippen LogP contribution in [0.15, 0.2) is 0 Å². The topological polar surface area (TPSA) is 72.5 Å². The zero-order valence-electron chi connectivity index (χ0n) is 11.0. The Hall–Kier alpha value is -0.620. The Morgan fingerprint density at radius 2 is 1.59 bits per heavy atom. The van der Waals surface area contributed by atoms with E-state index in [1.165, 1.54) is 0 Å². The van der Waals surface area contributed by atoms with E-state index < -0.39 is 16.1 Å². The van der Waals surface area contributed by atoms with Crippen molar-refractivity contribution in [2.45, 2.75) is 51.6 Å². The van der Waals surface area contributed by atoms with Gasteiger partial charge in [-0.15, -0.1) is 0 Å². The first-order valence-electron chi connectivity index (χ1n) is 5.63. The molecule has 100 valence electrons. The van der Waals surface area contributed by atoms with E-state index in [9.17, 15) is 13.2 Å². The largest absolute Gasteiger partial charge is 0.346 e. The van der Waals surface area contributed by atoms with Crippen molar-refractivity contribution in [3.05, 3.63) is 0 Å². The third-order valence-corrected chi connectivity index (χ3v) is 3.22. The number of piperidine rings is 1. The number of carbonyl (C=O) groups is 1. The van der Waals surface area contributed by atoms with E-state index in [1.807, 2.05) is 27.7 Å². The van der Waals surface area contributed by atoms with Crippen LogP contribution < -0.4 is 5.32 Å². The number of carbonyl (C=O) groups excluding carboxylic acids is 1. The van der Waals surface area contributed by atoms with Gasteiger partial charge in [-0.2, -0.15) is 8.42 Å². The zero-order valence-corrected chi connectivity index (χ0v) is 11.8. The predicted molar refractivity (Wildman–Crippen MR) is 65.0 cm³/mol. The molecule has 1 N–H and O–H groups in total. The zero-order chi connectivity index (χ0) is 13.5. The molecule has 0 aliphatic carbocycles. The minimum Gasteiger partial charge on any atom is -0.346 e. The van der Waals surface area contributed by atoms with Gasteiger partial charge in [0, 0.05) is 11.1 Å². The molecule has 6 heteroatoms. The molecule has 0 radical (unpaired) electrons. The normalized spacial score (nSPS) is 24.3. The molecule has 0 bridgehead atoms. The molecule has 1 aliphatic heterocycles. The first kappa shape index (κ1) is 14.4. The van der Waals surface area contributed by atoms with Crippen molar-refractivity contribution in [1.82, 2.24) is 5.32 Å². The smallest absolute Gasteiger partial charge is 0.325 e. The summed E-state index contributed by atoms with van der Waals surface area (Å²) in [6, 6.07) is 0. The Kier molecular flexibility index (Phi) is 3.60.